The fourth-order valence-electron chi connectivity index (χ4n) is 3.78. The maximum absolute atomic E-state index is 13.1. The highest BCUT2D eigenvalue weighted by molar-refractivity contribution is 7.91. The molecule has 0 aromatic carbocycles. The van der Waals surface area contributed by atoms with Gasteiger partial charge in [0.1, 0.15) is 0 Å². The van der Waals surface area contributed by atoms with Gasteiger partial charge in [-0.25, -0.2) is 18.4 Å². The molecule has 25 heavy (non-hydrogen) atoms. The van der Waals surface area contributed by atoms with E-state index in [-0.39, 0.29) is 29.4 Å². The molecular weight excluding hydrogens is 340 g/mol. The second-order valence-corrected chi connectivity index (χ2v) is 9.15. The first-order valence-electron chi connectivity index (χ1n) is 9.03. The summed E-state index contributed by atoms with van der Waals surface area (Å²) in [6.07, 6.45) is 6.56. The SMILES string of the molecule is CCCN(C(=O)C1CCCN(c2ncccn2)C1)C1CCS(=O)(=O)C1. The van der Waals surface area contributed by atoms with Crippen molar-refractivity contribution in [1.29, 1.82) is 0 Å². The third-order valence-corrected chi connectivity index (χ3v) is 6.75. The minimum Gasteiger partial charge on any atom is -0.340 e. The van der Waals surface area contributed by atoms with Crippen molar-refractivity contribution in [2.45, 2.75) is 38.6 Å². The normalized spacial score (nSPS) is 25.7. The Morgan fingerprint density at radius 3 is 2.72 bits per heavy atom. The molecule has 0 radical (unpaired) electrons. The first-order chi connectivity index (χ1) is 12.0. The molecule has 0 saturated carbocycles. The Bertz CT molecular complexity index is 695. The lowest BCUT2D eigenvalue weighted by Crippen LogP contribution is -2.49. The molecule has 8 heteroatoms. The van der Waals surface area contributed by atoms with Gasteiger partial charge in [-0.15, -0.1) is 0 Å². The van der Waals surface area contributed by atoms with Crippen molar-refractivity contribution in [3.63, 3.8) is 0 Å². The molecule has 7 nitrogen and oxygen atoms in total. The lowest BCUT2D eigenvalue weighted by Gasteiger charge is -2.36. The summed E-state index contributed by atoms with van der Waals surface area (Å²) in [5, 5.41) is 0. The highest BCUT2D eigenvalue weighted by atomic mass is 32.2. The second kappa shape index (κ2) is 7.68. The average Bonchev–Trinajstić information content (AvgIpc) is 2.99. The Morgan fingerprint density at radius 1 is 1.32 bits per heavy atom. The topological polar surface area (TPSA) is 83.5 Å². The molecule has 0 N–H and O–H groups in total. The zero-order valence-electron chi connectivity index (χ0n) is 14.7. The molecule has 1 aromatic rings. The Kier molecular flexibility index (Phi) is 5.56. The zero-order valence-corrected chi connectivity index (χ0v) is 15.5. The molecule has 2 fully saturated rings. The molecule has 1 aromatic heterocycles. The van der Waals surface area contributed by atoms with E-state index >= 15 is 0 Å². The number of sulfone groups is 1. The van der Waals surface area contributed by atoms with E-state index in [1.165, 1.54) is 0 Å². The molecule has 3 heterocycles. The van der Waals surface area contributed by atoms with Gasteiger partial charge in [-0.1, -0.05) is 6.92 Å². The number of nitrogens with zero attached hydrogens (tertiary/aromatic N) is 4. The van der Waals surface area contributed by atoms with E-state index in [1.807, 2.05) is 11.8 Å². The number of amides is 1. The molecule has 0 spiro atoms. The first-order valence-corrected chi connectivity index (χ1v) is 10.8. The Hall–Kier alpha value is -1.70. The summed E-state index contributed by atoms with van der Waals surface area (Å²) in [7, 11) is -3.00. The first kappa shape index (κ1) is 18.1. The van der Waals surface area contributed by atoms with Crippen molar-refractivity contribution in [2.24, 2.45) is 5.92 Å². The van der Waals surface area contributed by atoms with Crippen LogP contribution >= 0.6 is 0 Å². The van der Waals surface area contributed by atoms with Crippen molar-refractivity contribution in [3.05, 3.63) is 18.5 Å². The van der Waals surface area contributed by atoms with Crippen molar-refractivity contribution in [1.82, 2.24) is 14.9 Å². The van der Waals surface area contributed by atoms with Gasteiger partial charge in [0.15, 0.2) is 9.84 Å². The van der Waals surface area contributed by atoms with Gasteiger partial charge in [-0.2, -0.15) is 0 Å². The van der Waals surface area contributed by atoms with Crippen LogP contribution in [-0.2, 0) is 14.6 Å². The van der Waals surface area contributed by atoms with Gasteiger partial charge in [0.2, 0.25) is 11.9 Å². The molecule has 3 rings (SSSR count). The average molecular weight is 366 g/mol. The quantitative estimate of drug-likeness (QED) is 0.776. The predicted octanol–water partition coefficient (Wildman–Crippen LogP) is 1.12. The number of piperidine rings is 1. The van der Waals surface area contributed by atoms with Crippen LogP contribution in [-0.4, -0.2) is 66.4 Å². The van der Waals surface area contributed by atoms with Crippen LogP contribution in [0.1, 0.15) is 32.6 Å². The van der Waals surface area contributed by atoms with E-state index in [0.717, 1.165) is 25.8 Å². The van der Waals surface area contributed by atoms with Crippen LogP contribution in [0.4, 0.5) is 5.95 Å². The van der Waals surface area contributed by atoms with E-state index in [1.54, 1.807) is 18.5 Å². The van der Waals surface area contributed by atoms with E-state index in [2.05, 4.69) is 14.9 Å². The van der Waals surface area contributed by atoms with E-state index in [4.69, 9.17) is 0 Å². The molecule has 2 aliphatic rings. The van der Waals surface area contributed by atoms with Gasteiger partial charge < -0.3 is 9.80 Å². The summed E-state index contributed by atoms with van der Waals surface area (Å²) >= 11 is 0. The summed E-state index contributed by atoms with van der Waals surface area (Å²) in [6, 6.07) is 1.61. The number of hydrogen-bond donors (Lipinski definition) is 0. The molecule has 138 valence electrons. The lowest BCUT2D eigenvalue weighted by molar-refractivity contribution is -0.137. The largest absolute Gasteiger partial charge is 0.340 e. The van der Waals surface area contributed by atoms with Crippen LogP contribution in [0.3, 0.4) is 0 Å². The summed E-state index contributed by atoms with van der Waals surface area (Å²) in [5.41, 5.74) is 0. The fraction of sp³-hybridized carbons (Fsp3) is 0.706. The maximum atomic E-state index is 13.1. The Labute approximate surface area is 149 Å². The number of hydrogen-bond acceptors (Lipinski definition) is 6. The van der Waals surface area contributed by atoms with Crippen LogP contribution in [0.5, 0.6) is 0 Å². The minimum absolute atomic E-state index is 0.0876. The van der Waals surface area contributed by atoms with Gasteiger partial charge in [-0.05, 0) is 31.7 Å². The van der Waals surface area contributed by atoms with Crippen LogP contribution in [0.2, 0.25) is 0 Å². The highest BCUT2D eigenvalue weighted by Crippen LogP contribution is 2.25. The van der Waals surface area contributed by atoms with Crippen molar-refractivity contribution in [3.8, 4) is 0 Å². The maximum Gasteiger partial charge on any atom is 0.227 e. The second-order valence-electron chi connectivity index (χ2n) is 6.92. The van der Waals surface area contributed by atoms with Crippen molar-refractivity contribution < 1.29 is 13.2 Å². The fourth-order valence-corrected chi connectivity index (χ4v) is 5.51. The van der Waals surface area contributed by atoms with Gasteiger partial charge in [0.25, 0.3) is 0 Å². The standard InChI is InChI=1S/C17H26N4O3S/c1-2-9-21(15-6-11-25(23,24)13-15)16(22)14-5-3-10-20(12-14)17-18-7-4-8-19-17/h4,7-8,14-15H,2-3,5-6,9-13H2,1H3. The number of carbonyl (C=O) groups excluding carboxylic acids is 1. The Balaban J connectivity index is 1.71. The third kappa shape index (κ3) is 4.29. The van der Waals surface area contributed by atoms with E-state index in [0.29, 0.717) is 25.5 Å². The number of carbonyl (C=O) groups is 1. The van der Waals surface area contributed by atoms with E-state index in [9.17, 15) is 13.2 Å². The smallest absolute Gasteiger partial charge is 0.227 e. The molecule has 2 atom stereocenters. The van der Waals surface area contributed by atoms with Gasteiger partial charge >= 0.3 is 0 Å². The molecule has 0 aliphatic carbocycles. The summed E-state index contributed by atoms with van der Waals surface area (Å²) in [6.45, 7) is 4.09. The zero-order chi connectivity index (χ0) is 17.9. The molecule has 1 amide bonds. The van der Waals surface area contributed by atoms with Crippen LogP contribution < -0.4 is 4.90 Å². The predicted molar refractivity (Wildman–Crippen MR) is 96.0 cm³/mol. The molecule has 0 bridgehead atoms. The summed E-state index contributed by atoms with van der Waals surface area (Å²) in [5.74, 6) is 0.930. The third-order valence-electron chi connectivity index (χ3n) is 5.00. The van der Waals surface area contributed by atoms with Crippen molar-refractivity contribution >= 4 is 21.7 Å². The van der Waals surface area contributed by atoms with Crippen LogP contribution in [0.15, 0.2) is 18.5 Å². The molecular formula is C17H26N4O3S. The highest BCUT2D eigenvalue weighted by Gasteiger charge is 2.37. The van der Waals surface area contributed by atoms with E-state index < -0.39 is 9.84 Å². The van der Waals surface area contributed by atoms with Crippen molar-refractivity contribution in [2.75, 3.05) is 36.0 Å². The van der Waals surface area contributed by atoms with Crippen LogP contribution in [0, 0.1) is 5.92 Å². The van der Waals surface area contributed by atoms with Gasteiger partial charge in [-0.3, -0.25) is 4.79 Å². The molecule has 2 unspecified atom stereocenters. The van der Waals surface area contributed by atoms with Gasteiger partial charge in [0.05, 0.1) is 17.4 Å². The Morgan fingerprint density at radius 2 is 2.08 bits per heavy atom. The lowest BCUT2D eigenvalue weighted by atomic mass is 9.95. The minimum atomic E-state index is -3.00. The van der Waals surface area contributed by atoms with Crippen LogP contribution in [0.25, 0.3) is 0 Å². The number of anilines is 1. The molecule has 2 saturated heterocycles. The summed E-state index contributed by atoms with van der Waals surface area (Å²) in [4.78, 5) is 25.6. The summed E-state index contributed by atoms with van der Waals surface area (Å²) < 4.78 is 23.6. The van der Waals surface area contributed by atoms with Gasteiger partial charge in [0, 0.05) is 38.1 Å². The number of rotatable bonds is 5. The number of aromatic nitrogens is 2. The molecule has 2 aliphatic heterocycles. The monoisotopic (exact) mass is 366 g/mol.